The van der Waals surface area contributed by atoms with Gasteiger partial charge in [-0.1, -0.05) is 6.07 Å². The van der Waals surface area contributed by atoms with Gasteiger partial charge in [0, 0.05) is 53.1 Å². The molecule has 2 heterocycles. The molecule has 8 nitrogen and oxygen atoms in total. The highest BCUT2D eigenvalue weighted by Gasteiger charge is 2.21. The number of amides is 1. The Hall–Kier alpha value is -1.62. The van der Waals surface area contributed by atoms with Gasteiger partial charge in [0.15, 0.2) is 5.96 Å². The maximum absolute atomic E-state index is 11.8. The lowest BCUT2D eigenvalue weighted by Gasteiger charge is -2.34. The molecule has 0 bridgehead atoms. The minimum absolute atomic E-state index is 0. The van der Waals surface area contributed by atoms with E-state index in [2.05, 4.69) is 37.6 Å². The molecule has 1 saturated heterocycles. The maximum atomic E-state index is 11.8. The first-order valence-electron chi connectivity index (χ1n) is 9.41. The standard InChI is InChI=1S/C19H32N6O2.HI/c1-15-5-6-17(21-13-15)25-10-7-16(8-11-25)23-19(20-9-12-27-4)22-14-18(26)24(2)3;/h5-6,13,16H,7-12,14H2,1-4H3,(H2,20,22,23);1H. The second-order valence-corrected chi connectivity index (χ2v) is 6.97. The van der Waals surface area contributed by atoms with Crippen LogP contribution >= 0.6 is 24.0 Å². The van der Waals surface area contributed by atoms with Crippen molar-refractivity contribution < 1.29 is 9.53 Å². The first-order chi connectivity index (χ1) is 13.0. The molecule has 2 rings (SSSR count). The van der Waals surface area contributed by atoms with Gasteiger partial charge in [-0.25, -0.2) is 9.98 Å². The molecule has 1 aromatic heterocycles. The van der Waals surface area contributed by atoms with Crippen LogP contribution in [0.5, 0.6) is 0 Å². The number of rotatable bonds is 7. The second-order valence-electron chi connectivity index (χ2n) is 6.97. The Bertz CT molecular complexity index is 615. The summed E-state index contributed by atoms with van der Waals surface area (Å²) in [5, 5.41) is 6.68. The molecule has 1 aliphatic rings. The highest BCUT2D eigenvalue weighted by molar-refractivity contribution is 14.0. The number of carbonyl (C=O) groups excluding carboxylic acids is 1. The molecule has 1 aliphatic heterocycles. The van der Waals surface area contributed by atoms with E-state index in [4.69, 9.17) is 4.74 Å². The number of hydrogen-bond donors (Lipinski definition) is 2. The molecule has 1 amide bonds. The summed E-state index contributed by atoms with van der Waals surface area (Å²) < 4.78 is 5.08. The van der Waals surface area contributed by atoms with E-state index < -0.39 is 0 Å². The van der Waals surface area contributed by atoms with Crippen LogP contribution in [0.1, 0.15) is 18.4 Å². The number of halogens is 1. The molecular weight excluding hydrogens is 471 g/mol. The van der Waals surface area contributed by atoms with Gasteiger partial charge in [0.05, 0.1) is 6.61 Å². The minimum Gasteiger partial charge on any atom is -0.383 e. The van der Waals surface area contributed by atoms with Crippen LogP contribution in [0.25, 0.3) is 0 Å². The van der Waals surface area contributed by atoms with Crippen molar-refractivity contribution in [2.45, 2.75) is 25.8 Å². The fraction of sp³-hybridized carbons (Fsp3) is 0.632. The van der Waals surface area contributed by atoms with Gasteiger partial charge in [0.1, 0.15) is 12.4 Å². The van der Waals surface area contributed by atoms with Crippen LogP contribution < -0.4 is 15.5 Å². The number of methoxy groups -OCH3 is 1. The van der Waals surface area contributed by atoms with E-state index in [0.29, 0.717) is 25.2 Å². The highest BCUT2D eigenvalue weighted by Crippen LogP contribution is 2.17. The molecule has 0 atom stereocenters. The average Bonchev–Trinajstić information content (AvgIpc) is 2.67. The molecule has 0 unspecified atom stereocenters. The zero-order chi connectivity index (χ0) is 19.6. The normalized spacial score (nSPS) is 15.0. The smallest absolute Gasteiger partial charge is 0.243 e. The van der Waals surface area contributed by atoms with E-state index in [9.17, 15) is 4.79 Å². The molecule has 1 fully saturated rings. The summed E-state index contributed by atoms with van der Waals surface area (Å²) in [5.74, 6) is 1.67. The molecule has 0 aromatic carbocycles. The minimum atomic E-state index is -0.0249. The molecule has 2 N–H and O–H groups in total. The third-order valence-corrected chi connectivity index (χ3v) is 4.53. The Morgan fingerprint density at radius 1 is 1.36 bits per heavy atom. The number of piperidine rings is 1. The molecule has 1 aromatic rings. The lowest BCUT2D eigenvalue weighted by molar-refractivity contribution is -0.127. The van der Waals surface area contributed by atoms with Crippen LogP contribution in [-0.2, 0) is 9.53 Å². The van der Waals surface area contributed by atoms with Crippen molar-refractivity contribution in [3.8, 4) is 0 Å². The number of hydrogen-bond acceptors (Lipinski definition) is 5. The average molecular weight is 504 g/mol. The Kier molecular flexibility index (Phi) is 11.1. The van der Waals surface area contributed by atoms with E-state index in [0.717, 1.165) is 31.7 Å². The third kappa shape index (κ3) is 8.17. The van der Waals surface area contributed by atoms with Gasteiger partial charge in [0.2, 0.25) is 5.91 Å². The third-order valence-electron chi connectivity index (χ3n) is 4.53. The van der Waals surface area contributed by atoms with Crippen molar-refractivity contribution in [2.75, 3.05) is 58.9 Å². The number of nitrogens with one attached hydrogen (secondary N) is 2. The van der Waals surface area contributed by atoms with Crippen LogP contribution in [0.4, 0.5) is 5.82 Å². The predicted octanol–water partition coefficient (Wildman–Crippen LogP) is 1.25. The number of anilines is 1. The molecule has 0 aliphatic carbocycles. The Labute approximate surface area is 185 Å². The Morgan fingerprint density at radius 2 is 2.07 bits per heavy atom. The van der Waals surface area contributed by atoms with Gasteiger partial charge in [0.25, 0.3) is 0 Å². The van der Waals surface area contributed by atoms with E-state index in [1.54, 1.807) is 26.1 Å². The largest absolute Gasteiger partial charge is 0.383 e. The highest BCUT2D eigenvalue weighted by atomic mass is 127. The summed E-state index contributed by atoms with van der Waals surface area (Å²) in [6, 6.07) is 4.49. The number of pyridine rings is 1. The zero-order valence-electron chi connectivity index (χ0n) is 17.3. The number of aliphatic imine (C=N–C) groups is 1. The van der Waals surface area contributed by atoms with Crippen molar-refractivity contribution in [2.24, 2.45) is 4.99 Å². The SMILES string of the molecule is COCCNC(=NCC(=O)N(C)C)NC1CCN(c2ccc(C)cn2)CC1.I. The summed E-state index contributed by atoms with van der Waals surface area (Å²) in [7, 11) is 5.13. The van der Waals surface area contributed by atoms with Crippen LogP contribution in [0.15, 0.2) is 23.3 Å². The summed E-state index contributed by atoms with van der Waals surface area (Å²) in [6.07, 6.45) is 3.89. The van der Waals surface area contributed by atoms with E-state index in [1.807, 2.05) is 13.1 Å². The molecule has 28 heavy (non-hydrogen) atoms. The molecule has 158 valence electrons. The van der Waals surface area contributed by atoms with E-state index >= 15 is 0 Å². The first kappa shape index (κ1) is 24.4. The number of guanidine groups is 1. The molecule has 0 radical (unpaired) electrons. The fourth-order valence-corrected chi connectivity index (χ4v) is 2.81. The topological polar surface area (TPSA) is 82.1 Å². The van der Waals surface area contributed by atoms with Crippen molar-refractivity contribution in [3.63, 3.8) is 0 Å². The summed E-state index contributed by atoms with van der Waals surface area (Å²) >= 11 is 0. The second kappa shape index (κ2) is 12.8. The van der Waals surface area contributed by atoms with Crippen molar-refractivity contribution in [1.82, 2.24) is 20.5 Å². The lowest BCUT2D eigenvalue weighted by atomic mass is 10.1. The van der Waals surface area contributed by atoms with Gasteiger partial charge in [-0.2, -0.15) is 0 Å². The van der Waals surface area contributed by atoms with Crippen LogP contribution in [0.2, 0.25) is 0 Å². The Morgan fingerprint density at radius 3 is 2.64 bits per heavy atom. The quantitative estimate of drug-likeness (QED) is 0.252. The zero-order valence-corrected chi connectivity index (χ0v) is 19.6. The van der Waals surface area contributed by atoms with Gasteiger partial charge < -0.3 is 25.2 Å². The van der Waals surface area contributed by atoms with Gasteiger partial charge >= 0.3 is 0 Å². The van der Waals surface area contributed by atoms with Gasteiger partial charge in [-0.15, -0.1) is 24.0 Å². The predicted molar refractivity (Wildman–Crippen MR) is 124 cm³/mol. The number of nitrogens with zero attached hydrogens (tertiary/aromatic N) is 4. The van der Waals surface area contributed by atoms with Gasteiger partial charge in [-0.3, -0.25) is 4.79 Å². The summed E-state index contributed by atoms with van der Waals surface area (Å²) in [5.41, 5.74) is 1.17. The Balaban J connectivity index is 0.00000392. The van der Waals surface area contributed by atoms with Crippen molar-refractivity contribution in [1.29, 1.82) is 0 Å². The number of ether oxygens (including phenoxy) is 1. The number of aryl methyl sites for hydroxylation is 1. The van der Waals surface area contributed by atoms with Gasteiger partial charge in [-0.05, 0) is 31.4 Å². The molecule has 0 saturated carbocycles. The summed E-state index contributed by atoms with van der Waals surface area (Å²) in [4.78, 5) is 24.6. The lowest BCUT2D eigenvalue weighted by Crippen LogP contribution is -2.49. The van der Waals surface area contributed by atoms with E-state index in [1.165, 1.54) is 5.56 Å². The number of aromatic nitrogens is 1. The number of carbonyl (C=O) groups is 1. The van der Waals surface area contributed by atoms with Crippen molar-refractivity contribution in [3.05, 3.63) is 23.9 Å². The van der Waals surface area contributed by atoms with Crippen LogP contribution in [-0.4, -0.2) is 81.8 Å². The van der Waals surface area contributed by atoms with E-state index in [-0.39, 0.29) is 36.4 Å². The molecular formula is C19H33IN6O2. The van der Waals surface area contributed by atoms with Crippen molar-refractivity contribution >= 4 is 41.7 Å². The summed E-state index contributed by atoms with van der Waals surface area (Å²) in [6.45, 7) is 5.28. The number of likely N-dealkylation sites (N-methyl/N-ethyl adjacent to an activating group) is 1. The van der Waals surface area contributed by atoms with Crippen LogP contribution in [0.3, 0.4) is 0 Å². The fourth-order valence-electron chi connectivity index (χ4n) is 2.81. The van der Waals surface area contributed by atoms with Crippen LogP contribution in [0, 0.1) is 6.92 Å². The first-order valence-corrected chi connectivity index (χ1v) is 9.41. The molecule has 9 heteroatoms. The monoisotopic (exact) mass is 504 g/mol. The maximum Gasteiger partial charge on any atom is 0.243 e. The molecule has 0 spiro atoms.